The zero-order valence-corrected chi connectivity index (χ0v) is 17.7. The molecular weight excluding hydrogens is 388 g/mol. The molecule has 7 nitrogen and oxygen atoms in total. The first-order valence-electron chi connectivity index (χ1n) is 9.55. The number of hydrogen-bond acceptors (Lipinski definition) is 7. The van der Waals surface area contributed by atoms with Crippen LogP contribution in [0.3, 0.4) is 0 Å². The molecule has 0 aliphatic heterocycles. The molecule has 0 aromatic heterocycles. The van der Waals surface area contributed by atoms with Crippen LogP contribution in [0, 0.1) is 13.8 Å². The summed E-state index contributed by atoms with van der Waals surface area (Å²) in [6.45, 7) is 7.02. The van der Waals surface area contributed by atoms with Crippen LogP contribution in [0.1, 0.15) is 35.3 Å². The standard InChI is InChI=1S/C23H26O7/c1-15-12-22(29-10-8-27-17(3)25)23(30-11-9-28-18(4)26)13-21(15)20-7-5-6-19(14-24)16(20)2/h5-7,12-14H,8-11H2,1-4H3. The van der Waals surface area contributed by atoms with Crippen molar-refractivity contribution in [2.24, 2.45) is 0 Å². The van der Waals surface area contributed by atoms with Gasteiger partial charge in [-0.1, -0.05) is 18.2 Å². The van der Waals surface area contributed by atoms with Crippen LogP contribution in [0.2, 0.25) is 0 Å². The average Bonchev–Trinajstić information content (AvgIpc) is 2.69. The van der Waals surface area contributed by atoms with E-state index in [0.29, 0.717) is 17.1 Å². The quantitative estimate of drug-likeness (QED) is 0.333. The van der Waals surface area contributed by atoms with Crippen LogP contribution in [0.4, 0.5) is 0 Å². The molecule has 0 fully saturated rings. The highest BCUT2D eigenvalue weighted by atomic mass is 16.6. The summed E-state index contributed by atoms with van der Waals surface area (Å²) in [5.74, 6) is 0.174. The molecule has 0 saturated heterocycles. The van der Waals surface area contributed by atoms with Gasteiger partial charge in [-0.05, 0) is 48.2 Å². The third-order valence-electron chi connectivity index (χ3n) is 4.38. The summed E-state index contributed by atoms with van der Waals surface area (Å²) < 4.78 is 21.4. The lowest BCUT2D eigenvalue weighted by Crippen LogP contribution is -2.12. The second-order valence-corrected chi connectivity index (χ2v) is 6.63. The van der Waals surface area contributed by atoms with Gasteiger partial charge in [0, 0.05) is 19.4 Å². The summed E-state index contributed by atoms with van der Waals surface area (Å²) in [7, 11) is 0. The lowest BCUT2D eigenvalue weighted by molar-refractivity contribution is -0.142. The second kappa shape index (κ2) is 11.0. The first-order chi connectivity index (χ1) is 14.3. The van der Waals surface area contributed by atoms with Crippen LogP contribution in [-0.4, -0.2) is 44.7 Å². The van der Waals surface area contributed by atoms with Gasteiger partial charge >= 0.3 is 11.9 Å². The molecule has 0 aliphatic rings. The normalized spacial score (nSPS) is 10.3. The van der Waals surface area contributed by atoms with E-state index < -0.39 is 0 Å². The number of ether oxygens (including phenoxy) is 4. The smallest absolute Gasteiger partial charge is 0.302 e. The Morgan fingerprint density at radius 3 is 1.93 bits per heavy atom. The SMILES string of the molecule is CC(=O)OCCOc1cc(C)c(-c2cccc(C=O)c2C)cc1OCCOC(C)=O. The van der Waals surface area contributed by atoms with Gasteiger partial charge in [0.1, 0.15) is 32.7 Å². The number of aryl methyl sites for hydroxylation is 1. The maximum Gasteiger partial charge on any atom is 0.302 e. The summed E-state index contributed by atoms with van der Waals surface area (Å²) in [6.07, 6.45) is 0.831. The fourth-order valence-electron chi connectivity index (χ4n) is 2.92. The van der Waals surface area contributed by atoms with Gasteiger partial charge in [0.2, 0.25) is 0 Å². The third-order valence-corrected chi connectivity index (χ3v) is 4.38. The first-order valence-corrected chi connectivity index (χ1v) is 9.55. The predicted molar refractivity (Wildman–Crippen MR) is 111 cm³/mol. The van der Waals surface area contributed by atoms with E-state index in [1.807, 2.05) is 38.1 Å². The fraction of sp³-hybridized carbons (Fsp3) is 0.348. The number of carbonyl (C=O) groups is 3. The lowest BCUT2D eigenvalue weighted by atomic mass is 9.93. The lowest BCUT2D eigenvalue weighted by Gasteiger charge is -2.18. The van der Waals surface area contributed by atoms with Gasteiger partial charge < -0.3 is 18.9 Å². The number of esters is 2. The minimum absolute atomic E-state index is 0.102. The van der Waals surface area contributed by atoms with E-state index in [9.17, 15) is 14.4 Å². The van der Waals surface area contributed by atoms with Gasteiger partial charge in [-0.25, -0.2) is 0 Å². The van der Waals surface area contributed by atoms with Crippen LogP contribution in [0.5, 0.6) is 11.5 Å². The first kappa shape index (κ1) is 22.9. The predicted octanol–water partition coefficient (Wildman–Crippen LogP) is 3.67. The molecule has 2 aromatic rings. The van der Waals surface area contributed by atoms with Crippen molar-refractivity contribution in [2.75, 3.05) is 26.4 Å². The van der Waals surface area contributed by atoms with Gasteiger partial charge in [-0.3, -0.25) is 14.4 Å². The average molecular weight is 414 g/mol. The summed E-state index contributed by atoms with van der Waals surface area (Å²) in [4.78, 5) is 33.2. The molecule has 0 spiro atoms. The summed E-state index contributed by atoms with van der Waals surface area (Å²) in [5, 5.41) is 0. The van der Waals surface area contributed by atoms with Crippen molar-refractivity contribution in [2.45, 2.75) is 27.7 Å². The van der Waals surface area contributed by atoms with Crippen molar-refractivity contribution in [3.63, 3.8) is 0 Å². The van der Waals surface area contributed by atoms with Crippen LogP contribution in [-0.2, 0) is 19.1 Å². The number of aldehydes is 1. The Labute approximate surface area is 175 Å². The minimum Gasteiger partial charge on any atom is -0.486 e. The molecule has 0 radical (unpaired) electrons. The summed E-state index contributed by atoms with van der Waals surface area (Å²) >= 11 is 0. The molecule has 0 bridgehead atoms. The second-order valence-electron chi connectivity index (χ2n) is 6.63. The maximum atomic E-state index is 11.3. The Balaban J connectivity index is 2.32. The molecule has 30 heavy (non-hydrogen) atoms. The van der Waals surface area contributed by atoms with E-state index in [-0.39, 0.29) is 38.4 Å². The Kier molecular flexibility index (Phi) is 8.41. The molecule has 0 N–H and O–H groups in total. The maximum absolute atomic E-state index is 11.3. The molecule has 2 aromatic carbocycles. The van der Waals surface area contributed by atoms with E-state index in [2.05, 4.69) is 0 Å². The highest BCUT2D eigenvalue weighted by Crippen LogP contribution is 2.37. The molecule has 160 valence electrons. The van der Waals surface area contributed by atoms with Crippen LogP contribution in [0.15, 0.2) is 30.3 Å². The number of benzene rings is 2. The Morgan fingerprint density at radius 2 is 1.40 bits per heavy atom. The van der Waals surface area contributed by atoms with Crippen molar-refractivity contribution in [1.82, 2.24) is 0 Å². The number of carbonyl (C=O) groups excluding carboxylic acids is 3. The molecule has 7 heteroatoms. The van der Waals surface area contributed by atoms with Crippen molar-refractivity contribution >= 4 is 18.2 Å². The van der Waals surface area contributed by atoms with Crippen LogP contribution in [0.25, 0.3) is 11.1 Å². The van der Waals surface area contributed by atoms with Gasteiger partial charge in [0.25, 0.3) is 0 Å². The Bertz CT molecular complexity index is 918. The fourth-order valence-corrected chi connectivity index (χ4v) is 2.92. The molecule has 0 heterocycles. The molecule has 0 unspecified atom stereocenters. The topological polar surface area (TPSA) is 88.1 Å². The summed E-state index contributed by atoms with van der Waals surface area (Å²) in [5.41, 5.74) is 4.21. The van der Waals surface area contributed by atoms with E-state index >= 15 is 0 Å². The van der Waals surface area contributed by atoms with E-state index in [1.165, 1.54) is 13.8 Å². The zero-order valence-electron chi connectivity index (χ0n) is 17.7. The van der Waals surface area contributed by atoms with Gasteiger partial charge in [-0.15, -0.1) is 0 Å². The zero-order chi connectivity index (χ0) is 22.1. The number of rotatable bonds is 10. The van der Waals surface area contributed by atoms with Crippen molar-refractivity contribution in [3.8, 4) is 22.6 Å². The van der Waals surface area contributed by atoms with E-state index in [0.717, 1.165) is 28.5 Å². The highest BCUT2D eigenvalue weighted by Gasteiger charge is 2.15. The molecule has 0 amide bonds. The summed E-state index contributed by atoms with van der Waals surface area (Å²) in [6, 6.07) is 9.20. The molecule has 0 aliphatic carbocycles. The molecular formula is C23H26O7. The van der Waals surface area contributed by atoms with Crippen LogP contribution >= 0.6 is 0 Å². The largest absolute Gasteiger partial charge is 0.486 e. The highest BCUT2D eigenvalue weighted by molar-refractivity contribution is 5.84. The molecule has 2 rings (SSSR count). The van der Waals surface area contributed by atoms with E-state index in [4.69, 9.17) is 18.9 Å². The minimum atomic E-state index is -0.387. The number of hydrogen-bond donors (Lipinski definition) is 0. The third kappa shape index (κ3) is 6.34. The Hall–Kier alpha value is -3.35. The van der Waals surface area contributed by atoms with Crippen molar-refractivity contribution < 1.29 is 33.3 Å². The van der Waals surface area contributed by atoms with Crippen molar-refractivity contribution in [3.05, 3.63) is 47.0 Å². The Morgan fingerprint density at radius 1 is 0.833 bits per heavy atom. The molecule has 0 atom stereocenters. The van der Waals surface area contributed by atoms with E-state index in [1.54, 1.807) is 6.07 Å². The monoisotopic (exact) mass is 414 g/mol. The van der Waals surface area contributed by atoms with Gasteiger partial charge in [-0.2, -0.15) is 0 Å². The van der Waals surface area contributed by atoms with Crippen LogP contribution < -0.4 is 9.47 Å². The van der Waals surface area contributed by atoms with Crippen molar-refractivity contribution in [1.29, 1.82) is 0 Å². The molecule has 0 saturated carbocycles. The van der Waals surface area contributed by atoms with Gasteiger partial charge in [0.05, 0.1) is 0 Å². The van der Waals surface area contributed by atoms with Gasteiger partial charge in [0.15, 0.2) is 11.5 Å².